The highest BCUT2D eigenvalue weighted by Gasteiger charge is 2.23. The van der Waals surface area contributed by atoms with Gasteiger partial charge in [0.2, 0.25) is 0 Å². The third-order valence-corrected chi connectivity index (χ3v) is 2.94. The van der Waals surface area contributed by atoms with Gasteiger partial charge in [-0.05, 0) is 0 Å². The Bertz CT molecular complexity index is 711. The van der Waals surface area contributed by atoms with Crippen LogP contribution in [-0.2, 0) is 21.1 Å². The molecule has 104 valence electrons. The largest absolute Gasteiger partial charge is 0.459 e. The molecule has 8 heteroatoms. The van der Waals surface area contributed by atoms with Crippen LogP contribution in [0.2, 0.25) is 0 Å². The zero-order valence-electron chi connectivity index (χ0n) is 11.5. The molecule has 0 aliphatic heterocycles. The normalized spacial score (nSPS) is 12.6. The first kappa shape index (κ1) is 12.4. The van der Waals surface area contributed by atoms with Crippen LogP contribution in [0.25, 0.3) is 0 Å². The maximum absolute atomic E-state index is 5.93. The van der Waals surface area contributed by atoms with Gasteiger partial charge in [0.1, 0.15) is 0 Å². The van der Waals surface area contributed by atoms with Crippen molar-refractivity contribution < 1.29 is 4.74 Å². The molecule has 0 amide bonds. The van der Waals surface area contributed by atoms with Crippen LogP contribution < -0.4 is 4.74 Å². The van der Waals surface area contributed by atoms with E-state index in [1.165, 1.54) is 0 Å². The molecule has 0 fully saturated rings. The smallest absolute Gasteiger partial charge is 0.254 e. The second kappa shape index (κ2) is 4.80. The third-order valence-electron chi connectivity index (χ3n) is 2.94. The number of imidazole rings is 1. The minimum absolute atomic E-state index is 0.375. The first-order valence-electron chi connectivity index (χ1n) is 6.12. The average molecular weight is 273 g/mol. The Balaban J connectivity index is 1.97. The van der Waals surface area contributed by atoms with Crippen LogP contribution >= 0.6 is 0 Å². The molecule has 0 N–H and O–H groups in total. The molecule has 3 aromatic heterocycles. The molecule has 0 aliphatic rings. The minimum atomic E-state index is -0.375. The maximum Gasteiger partial charge on any atom is 0.254 e. The van der Waals surface area contributed by atoms with E-state index in [9.17, 15) is 0 Å². The number of rotatable bonds is 4. The first-order valence-corrected chi connectivity index (χ1v) is 6.12. The van der Waals surface area contributed by atoms with Crippen LogP contribution in [0.3, 0.4) is 0 Å². The van der Waals surface area contributed by atoms with Gasteiger partial charge in [0.25, 0.3) is 5.88 Å². The zero-order chi connectivity index (χ0) is 14.1. The van der Waals surface area contributed by atoms with Gasteiger partial charge in [-0.2, -0.15) is 5.10 Å². The second-order valence-electron chi connectivity index (χ2n) is 4.57. The molecular formula is C12H15N7O. The highest BCUT2D eigenvalue weighted by molar-refractivity contribution is 5.20. The van der Waals surface area contributed by atoms with Crippen LogP contribution in [0.4, 0.5) is 0 Å². The van der Waals surface area contributed by atoms with Gasteiger partial charge in [0.05, 0.1) is 12.4 Å². The van der Waals surface area contributed by atoms with E-state index in [0.29, 0.717) is 5.88 Å². The van der Waals surface area contributed by atoms with Gasteiger partial charge in [0.15, 0.2) is 11.9 Å². The van der Waals surface area contributed by atoms with Gasteiger partial charge < -0.3 is 9.30 Å². The fourth-order valence-electron chi connectivity index (χ4n) is 1.98. The lowest BCUT2D eigenvalue weighted by Crippen LogP contribution is -2.14. The molecule has 0 aliphatic carbocycles. The molecule has 20 heavy (non-hydrogen) atoms. The molecule has 8 nitrogen and oxygen atoms in total. The Morgan fingerprint density at radius 2 is 2.00 bits per heavy atom. The number of nitrogens with zero attached hydrogens (tertiary/aromatic N) is 7. The third kappa shape index (κ3) is 2.27. The predicted molar refractivity (Wildman–Crippen MR) is 69.9 cm³/mol. The molecule has 0 radical (unpaired) electrons. The summed E-state index contributed by atoms with van der Waals surface area (Å²) in [5.41, 5.74) is 0.910. The summed E-state index contributed by atoms with van der Waals surface area (Å²) in [6.07, 6.45) is 8.61. The summed E-state index contributed by atoms with van der Waals surface area (Å²) in [6.45, 7) is 0. The summed E-state index contributed by atoms with van der Waals surface area (Å²) in [5, 5.41) is 12.0. The SMILES string of the molecule is Cn1cc(C(Oc2cn(C)nn2)c2nccn2C)cn1. The topological polar surface area (TPSA) is 75.6 Å². The van der Waals surface area contributed by atoms with Crippen LogP contribution in [0.5, 0.6) is 5.88 Å². The van der Waals surface area contributed by atoms with Crippen LogP contribution in [0.1, 0.15) is 17.5 Å². The van der Waals surface area contributed by atoms with Crippen molar-refractivity contribution in [1.29, 1.82) is 0 Å². The Morgan fingerprint density at radius 3 is 2.55 bits per heavy atom. The lowest BCUT2D eigenvalue weighted by Gasteiger charge is -2.15. The lowest BCUT2D eigenvalue weighted by molar-refractivity contribution is 0.223. The van der Waals surface area contributed by atoms with Crippen molar-refractivity contribution in [1.82, 2.24) is 34.3 Å². The maximum atomic E-state index is 5.93. The van der Waals surface area contributed by atoms with Crippen molar-refractivity contribution in [3.05, 3.63) is 42.4 Å². The molecular weight excluding hydrogens is 258 g/mol. The number of aromatic nitrogens is 7. The van der Waals surface area contributed by atoms with Gasteiger partial charge in [0, 0.05) is 45.3 Å². The van der Waals surface area contributed by atoms with Crippen LogP contribution in [-0.4, -0.2) is 34.3 Å². The van der Waals surface area contributed by atoms with E-state index in [-0.39, 0.29) is 6.10 Å². The standard InChI is InChI=1S/C12H15N7O/c1-17-5-4-13-12(17)11(9-6-14-18(2)7-9)20-10-8-19(3)16-15-10/h4-8,11H,1-3H3. The van der Waals surface area contributed by atoms with E-state index < -0.39 is 0 Å². The van der Waals surface area contributed by atoms with E-state index in [1.807, 2.05) is 31.1 Å². The Morgan fingerprint density at radius 1 is 1.15 bits per heavy atom. The number of hydrogen-bond donors (Lipinski definition) is 0. The molecule has 0 saturated heterocycles. The van der Waals surface area contributed by atoms with Crippen molar-refractivity contribution >= 4 is 0 Å². The van der Waals surface area contributed by atoms with Crippen LogP contribution in [0.15, 0.2) is 31.0 Å². The number of aryl methyl sites for hydroxylation is 3. The minimum Gasteiger partial charge on any atom is -0.459 e. The van der Waals surface area contributed by atoms with Gasteiger partial charge in [-0.15, -0.1) is 0 Å². The van der Waals surface area contributed by atoms with E-state index >= 15 is 0 Å². The lowest BCUT2D eigenvalue weighted by atomic mass is 10.2. The van der Waals surface area contributed by atoms with Crippen molar-refractivity contribution in [3.63, 3.8) is 0 Å². The summed E-state index contributed by atoms with van der Waals surface area (Å²) in [6, 6.07) is 0. The molecule has 3 rings (SSSR count). The van der Waals surface area contributed by atoms with Crippen molar-refractivity contribution in [2.24, 2.45) is 21.1 Å². The fraction of sp³-hybridized carbons (Fsp3) is 0.333. The average Bonchev–Trinajstić information content (AvgIpc) is 3.10. The van der Waals surface area contributed by atoms with E-state index in [4.69, 9.17) is 4.74 Å². The Kier molecular flexibility index (Phi) is 2.97. The molecule has 3 aromatic rings. The van der Waals surface area contributed by atoms with Gasteiger partial charge >= 0.3 is 0 Å². The van der Waals surface area contributed by atoms with E-state index in [1.54, 1.807) is 35.0 Å². The summed E-state index contributed by atoms with van der Waals surface area (Å²) >= 11 is 0. The van der Waals surface area contributed by atoms with Gasteiger partial charge in [-0.25, -0.2) is 4.98 Å². The molecule has 0 saturated carbocycles. The van der Waals surface area contributed by atoms with Crippen molar-refractivity contribution in [2.45, 2.75) is 6.10 Å². The summed E-state index contributed by atoms with van der Waals surface area (Å²) < 4.78 is 11.2. The van der Waals surface area contributed by atoms with E-state index in [2.05, 4.69) is 20.4 Å². The Labute approximate surface area is 115 Å². The van der Waals surface area contributed by atoms with Crippen LogP contribution in [0, 0.1) is 0 Å². The highest BCUT2D eigenvalue weighted by atomic mass is 16.5. The van der Waals surface area contributed by atoms with Crippen molar-refractivity contribution in [2.75, 3.05) is 0 Å². The Hall–Kier alpha value is -2.64. The molecule has 0 spiro atoms. The van der Waals surface area contributed by atoms with Gasteiger partial charge in [-0.1, -0.05) is 10.3 Å². The van der Waals surface area contributed by atoms with Crippen molar-refractivity contribution in [3.8, 4) is 5.88 Å². The zero-order valence-corrected chi connectivity index (χ0v) is 11.5. The molecule has 1 unspecified atom stereocenters. The number of ether oxygens (including phenoxy) is 1. The molecule has 0 bridgehead atoms. The first-order chi connectivity index (χ1) is 9.63. The summed E-state index contributed by atoms with van der Waals surface area (Å²) in [5.74, 6) is 1.23. The quantitative estimate of drug-likeness (QED) is 0.690. The fourth-order valence-corrected chi connectivity index (χ4v) is 1.98. The molecule has 3 heterocycles. The highest BCUT2D eigenvalue weighted by Crippen LogP contribution is 2.25. The molecule has 1 atom stereocenters. The second-order valence-corrected chi connectivity index (χ2v) is 4.57. The molecule has 0 aromatic carbocycles. The summed E-state index contributed by atoms with van der Waals surface area (Å²) in [4.78, 5) is 4.35. The van der Waals surface area contributed by atoms with E-state index in [0.717, 1.165) is 11.4 Å². The van der Waals surface area contributed by atoms with Gasteiger partial charge in [-0.3, -0.25) is 9.36 Å². The monoisotopic (exact) mass is 273 g/mol. The predicted octanol–water partition coefficient (Wildman–Crippen LogP) is 0.450. The summed E-state index contributed by atoms with van der Waals surface area (Å²) in [7, 11) is 5.58. The number of hydrogen-bond acceptors (Lipinski definition) is 5.